The number of likely N-dealkylation sites (tertiary alicyclic amines) is 1. The van der Waals surface area contributed by atoms with Crippen molar-refractivity contribution >= 4 is 46.7 Å². The number of amides is 2. The quantitative estimate of drug-likeness (QED) is 0.363. The molecule has 3 atom stereocenters. The van der Waals surface area contributed by atoms with Crippen LogP contribution in [0.1, 0.15) is 87.7 Å². The maximum atomic E-state index is 16.2. The largest absolute Gasteiger partial charge is 0.481 e. The summed E-state index contributed by atoms with van der Waals surface area (Å²) >= 11 is 12.8. The number of hydrogen-bond acceptors (Lipinski definition) is 4. The topological polar surface area (TPSA) is 98.7 Å². The monoisotopic (exact) mass is 627 g/mol. The number of carbonyl (C=O) groups is 3. The molecule has 228 valence electrons. The number of benzene rings is 2. The van der Waals surface area contributed by atoms with Gasteiger partial charge < -0.3 is 15.7 Å². The van der Waals surface area contributed by atoms with Gasteiger partial charge in [0.1, 0.15) is 11.2 Å². The highest BCUT2D eigenvalue weighted by molar-refractivity contribution is 6.31. The van der Waals surface area contributed by atoms with Gasteiger partial charge in [-0.1, -0.05) is 60.7 Å². The third kappa shape index (κ3) is 3.85. The molecule has 1 saturated heterocycles. The van der Waals surface area contributed by atoms with E-state index in [4.69, 9.17) is 23.2 Å². The van der Waals surface area contributed by atoms with Gasteiger partial charge in [-0.3, -0.25) is 19.3 Å². The Hall–Kier alpha value is -2.68. The van der Waals surface area contributed by atoms with Crippen molar-refractivity contribution in [2.75, 3.05) is 12.4 Å². The average Bonchev–Trinajstić information content (AvgIpc) is 3.40. The molecule has 0 radical (unpaired) electrons. The fraction of sp³-hybridized carbons (Fsp3) is 0.545. The lowest BCUT2D eigenvalue weighted by Crippen LogP contribution is -2.62. The van der Waals surface area contributed by atoms with E-state index in [1.807, 2.05) is 13.1 Å². The second-order valence-electron chi connectivity index (χ2n) is 13.6. The van der Waals surface area contributed by atoms with Gasteiger partial charge in [0.25, 0.3) is 0 Å². The van der Waals surface area contributed by atoms with Crippen LogP contribution < -0.4 is 10.6 Å². The first-order valence-electron chi connectivity index (χ1n) is 15.3. The van der Waals surface area contributed by atoms with Crippen molar-refractivity contribution in [2.45, 2.75) is 99.1 Å². The van der Waals surface area contributed by atoms with Gasteiger partial charge in [0.15, 0.2) is 0 Å². The molecule has 0 aromatic heterocycles. The molecular formula is C33H36Cl2FN3O4. The number of nitrogens with one attached hydrogen (secondary N) is 2. The molecule has 7 nitrogen and oxygen atoms in total. The van der Waals surface area contributed by atoms with E-state index in [0.29, 0.717) is 62.1 Å². The van der Waals surface area contributed by atoms with Crippen molar-refractivity contribution in [2.24, 2.45) is 5.41 Å². The van der Waals surface area contributed by atoms with Crippen LogP contribution in [0.2, 0.25) is 10.0 Å². The zero-order valence-corrected chi connectivity index (χ0v) is 25.7. The Bertz CT molecular complexity index is 1520. The molecular weight excluding hydrogens is 592 g/mol. The molecule has 2 aromatic rings. The van der Waals surface area contributed by atoms with Crippen molar-refractivity contribution in [1.29, 1.82) is 0 Å². The van der Waals surface area contributed by atoms with Crippen molar-refractivity contribution in [3.05, 3.63) is 63.4 Å². The van der Waals surface area contributed by atoms with E-state index in [1.54, 1.807) is 24.3 Å². The number of carboxylic acid groups (broad SMARTS) is 1. The molecule has 4 aliphatic carbocycles. The van der Waals surface area contributed by atoms with Crippen LogP contribution in [0.5, 0.6) is 0 Å². The van der Waals surface area contributed by atoms with Crippen LogP contribution in [0.3, 0.4) is 0 Å². The minimum atomic E-state index is -1.27. The van der Waals surface area contributed by atoms with E-state index < -0.39 is 45.7 Å². The number of nitrogens with zero attached hydrogens (tertiary/aromatic N) is 1. The maximum absolute atomic E-state index is 16.2. The van der Waals surface area contributed by atoms with Gasteiger partial charge in [-0.15, -0.1) is 0 Å². The van der Waals surface area contributed by atoms with E-state index >= 15 is 4.39 Å². The molecule has 2 aliphatic heterocycles. The van der Waals surface area contributed by atoms with Crippen molar-refractivity contribution in [1.82, 2.24) is 10.2 Å². The van der Waals surface area contributed by atoms with E-state index in [0.717, 1.165) is 24.8 Å². The number of anilines is 1. The number of carboxylic acids is 1. The van der Waals surface area contributed by atoms with Gasteiger partial charge in [-0.2, -0.15) is 0 Å². The summed E-state index contributed by atoms with van der Waals surface area (Å²) in [5.74, 6) is -2.76. The smallest absolute Gasteiger partial charge is 0.309 e. The first kappa shape index (κ1) is 29.1. The summed E-state index contributed by atoms with van der Waals surface area (Å²) in [4.78, 5) is 43.5. The molecule has 4 saturated carbocycles. The summed E-state index contributed by atoms with van der Waals surface area (Å²) in [7, 11) is 1.91. The summed E-state index contributed by atoms with van der Waals surface area (Å²) < 4.78 is 16.2. The molecule has 2 spiro atoms. The SMILES string of the molecule is CN1[C@@H](C(=O)NC23CCC(C(=O)O)(CC2)CC3)C(c2cccc(Cl)c2F)[C@]2(C(=O)Nc3cc(Cl)ccc32)C12CCCCC2. The Labute approximate surface area is 260 Å². The van der Waals surface area contributed by atoms with Gasteiger partial charge in [0.05, 0.1) is 16.5 Å². The summed E-state index contributed by atoms with van der Waals surface area (Å²) in [6.45, 7) is 0. The zero-order valence-electron chi connectivity index (χ0n) is 24.2. The fourth-order valence-electron chi connectivity index (χ4n) is 9.78. The number of halogens is 3. The fourth-order valence-corrected chi connectivity index (χ4v) is 10.1. The Balaban J connectivity index is 1.40. The number of fused-ring (bicyclic) bond motifs is 6. The van der Waals surface area contributed by atoms with Gasteiger partial charge in [0, 0.05) is 27.7 Å². The van der Waals surface area contributed by atoms with E-state index in [2.05, 4.69) is 15.5 Å². The second kappa shape index (κ2) is 9.91. The van der Waals surface area contributed by atoms with Crippen LogP contribution in [0.15, 0.2) is 36.4 Å². The summed E-state index contributed by atoms with van der Waals surface area (Å²) in [6, 6.07) is 9.30. The highest BCUT2D eigenvalue weighted by atomic mass is 35.5. The predicted octanol–water partition coefficient (Wildman–Crippen LogP) is 6.42. The Morgan fingerprint density at radius 1 is 1.00 bits per heavy atom. The van der Waals surface area contributed by atoms with E-state index in [-0.39, 0.29) is 22.4 Å². The predicted molar refractivity (Wildman–Crippen MR) is 162 cm³/mol. The van der Waals surface area contributed by atoms with E-state index in [9.17, 15) is 19.5 Å². The Kier molecular flexibility index (Phi) is 6.70. The summed E-state index contributed by atoms with van der Waals surface area (Å²) in [5.41, 5.74) is -1.70. The zero-order chi connectivity index (χ0) is 30.4. The van der Waals surface area contributed by atoms with Crippen LogP contribution in [0, 0.1) is 11.2 Å². The van der Waals surface area contributed by atoms with E-state index in [1.165, 1.54) is 6.07 Å². The van der Waals surface area contributed by atoms with Crippen molar-refractivity contribution in [3.63, 3.8) is 0 Å². The molecule has 1 unspecified atom stereocenters. The molecule has 2 heterocycles. The van der Waals surface area contributed by atoms with Gasteiger partial charge >= 0.3 is 5.97 Å². The lowest BCUT2D eigenvalue weighted by molar-refractivity contribution is -0.157. The van der Waals surface area contributed by atoms with Crippen molar-refractivity contribution in [3.8, 4) is 0 Å². The number of hydrogen-bond donors (Lipinski definition) is 3. The van der Waals surface area contributed by atoms with Gasteiger partial charge in [-0.05, 0) is 87.7 Å². The Morgan fingerprint density at radius 2 is 1.67 bits per heavy atom. The summed E-state index contributed by atoms with van der Waals surface area (Å²) in [6.07, 6.45) is 7.40. The first-order valence-corrected chi connectivity index (χ1v) is 16.1. The van der Waals surface area contributed by atoms with Crippen molar-refractivity contribution < 1.29 is 23.9 Å². The Morgan fingerprint density at radius 3 is 2.33 bits per heavy atom. The molecule has 2 amide bonds. The minimum Gasteiger partial charge on any atom is -0.481 e. The van der Waals surface area contributed by atoms with Crippen LogP contribution in [-0.4, -0.2) is 52.0 Å². The maximum Gasteiger partial charge on any atom is 0.309 e. The third-order valence-electron chi connectivity index (χ3n) is 12.0. The van der Waals surface area contributed by atoms with Crippen LogP contribution >= 0.6 is 23.2 Å². The number of carbonyl (C=O) groups excluding carboxylic acids is 2. The lowest BCUT2D eigenvalue weighted by atomic mass is 9.55. The third-order valence-corrected chi connectivity index (χ3v) is 12.5. The molecule has 5 fully saturated rings. The number of rotatable bonds is 4. The summed E-state index contributed by atoms with van der Waals surface area (Å²) in [5, 5.41) is 16.8. The second-order valence-corrected chi connectivity index (χ2v) is 14.4. The molecule has 6 aliphatic rings. The van der Waals surface area contributed by atoms with Gasteiger partial charge in [0.2, 0.25) is 11.8 Å². The molecule has 10 heteroatoms. The normalized spacial score (nSPS) is 34.4. The highest BCUT2D eigenvalue weighted by Crippen LogP contribution is 2.66. The minimum absolute atomic E-state index is 0.0584. The highest BCUT2D eigenvalue weighted by Gasteiger charge is 2.75. The van der Waals surface area contributed by atoms with Crippen LogP contribution in [0.25, 0.3) is 0 Å². The number of aliphatic carboxylic acids is 1. The number of likely N-dealkylation sites (N-methyl/N-ethyl adjacent to an activating group) is 1. The lowest BCUT2D eigenvalue weighted by Gasteiger charge is -2.52. The standard InChI is InChI=1S/C33H36Cl2FN3O4/c1-39-26(27(40)38-31-15-12-30(13-16-31,14-17-31)29(42)43)24(20-6-5-7-22(35)25(20)36)33(32(39)10-3-2-4-11-32)21-9-8-19(34)18-23(21)37-28(33)41/h5-9,18,24,26H,2-4,10-17H2,1H3,(H,37,41)(H,38,40)(H,42,43)/t24?,26-,30?,31?,33-/m1/s1. The average molecular weight is 629 g/mol. The van der Waals surface area contributed by atoms with Crippen LogP contribution in [-0.2, 0) is 19.8 Å². The van der Waals surface area contributed by atoms with Gasteiger partial charge in [-0.25, -0.2) is 4.39 Å². The molecule has 2 aromatic carbocycles. The molecule has 3 N–H and O–H groups in total. The first-order chi connectivity index (χ1) is 20.5. The van der Waals surface area contributed by atoms with Crippen LogP contribution in [0.4, 0.5) is 10.1 Å². The molecule has 43 heavy (non-hydrogen) atoms. The molecule has 8 rings (SSSR count). The molecule has 2 bridgehead atoms.